The van der Waals surface area contributed by atoms with Gasteiger partial charge in [-0.2, -0.15) is 5.26 Å². The summed E-state index contributed by atoms with van der Waals surface area (Å²) in [6, 6.07) is 16.0. The highest BCUT2D eigenvalue weighted by molar-refractivity contribution is 7.99. The number of carbonyl (C=O) groups excluding carboxylic acids is 1. The van der Waals surface area contributed by atoms with E-state index in [1.54, 1.807) is 37.4 Å². The molecule has 30 heavy (non-hydrogen) atoms. The van der Waals surface area contributed by atoms with Gasteiger partial charge in [-0.1, -0.05) is 41.6 Å². The molecule has 1 amide bonds. The Kier molecular flexibility index (Phi) is 7.12. The molecule has 0 saturated heterocycles. The third-order valence-corrected chi connectivity index (χ3v) is 5.39. The van der Waals surface area contributed by atoms with Crippen LogP contribution in [0.5, 0.6) is 5.75 Å². The lowest BCUT2D eigenvalue weighted by Gasteiger charge is -2.08. The van der Waals surface area contributed by atoms with Gasteiger partial charge in [0.15, 0.2) is 5.16 Å². The zero-order valence-electron chi connectivity index (χ0n) is 15.9. The number of H-pyrrole nitrogens is 1. The van der Waals surface area contributed by atoms with Crippen LogP contribution in [0, 0.1) is 11.3 Å². The summed E-state index contributed by atoms with van der Waals surface area (Å²) >= 11 is 7.15. The lowest BCUT2D eigenvalue weighted by molar-refractivity contribution is -0.118. The van der Waals surface area contributed by atoms with Gasteiger partial charge in [-0.3, -0.25) is 9.59 Å². The molecule has 2 N–H and O–H groups in total. The minimum absolute atomic E-state index is 0.0430. The molecule has 0 radical (unpaired) electrons. The molecular formula is C21H17ClN4O3S. The second kappa shape index (κ2) is 9.96. The van der Waals surface area contributed by atoms with Crippen LogP contribution in [-0.4, -0.2) is 28.7 Å². The molecule has 0 unspecified atom stereocenters. The van der Waals surface area contributed by atoms with Crippen LogP contribution in [0.3, 0.4) is 0 Å². The number of aromatic nitrogens is 2. The number of hydrogen-bond donors (Lipinski definition) is 2. The predicted molar refractivity (Wildman–Crippen MR) is 116 cm³/mol. The number of nitrogens with one attached hydrogen (secondary N) is 2. The summed E-state index contributed by atoms with van der Waals surface area (Å²) in [6.07, 6.45) is 0. The Balaban J connectivity index is 1.72. The third kappa shape index (κ3) is 5.20. The normalized spacial score (nSPS) is 10.3. The molecule has 1 aromatic heterocycles. The van der Waals surface area contributed by atoms with Crippen LogP contribution in [0.1, 0.15) is 11.1 Å². The van der Waals surface area contributed by atoms with E-state index in [2.05, 4.69) is 15.3 Å². The van der Waals surface area contributed by atoms with Crippen molar-refractivity contribution >= 4 is 29.3 Å². The Morgan fingerprint density at radius 2 is 2.00 bits per heavy atom. The SMILES string of the molecule is COc1ccc(-c2nc(SCC(=O)NCc3ccccc3Cl)[nH]c(=O)c2C#N)cc1. The van der Waals surface area contributed by atoms with E-state index in [0.717, 1.165) is 17.3 Å². The molecule has 0 spiro atoms. The Hall–Kier alpha value is -3.28. The zero-order valence-corrected chi connectivity index (χ0v) is 17.5. The molecule has 0 aliphatic rings. The number of ether oxygens (including phenoxy) is 1. The standard InChI is InChI=1S/C21H17ClN4O3S/c1-29-15-8-6-13(7-9-15)19-16(10-23)20(28)26-21(25-19)30-12-18(27)24-11-14-4-2-3-5-17(14)22/h2-9H,11-12H2,1H3,(H,24,27)(H,25,26,28). The lowest BCUT2D eigenvalue weighted by atomic mass is 10.1. The van der Waals surface area contributed by atoms with Crippen molar-refractivity contribution in [2.45, 2.75) is 11.7 Å². The van der Waals surface area contributed by atoms with Crippen molar-refractivity contribution in [3.05, 3.63) is 75.0 Å². The predicted octanol–water partition coefficient (Wildman–Crippen LogP) is 3.38. The Labute approximate surface area is 182 Å². The van der Waals surface area contributed by atoms with Crippen molar-refractivity contribution in [2.75, 3.05) is 12.9 Å². The fourth-order valence-electron chi connectivity index (χ4n) is 2.60. The number of halogens is 1. The van der Waals surface area contributed by atoms with Gasteiger partial charge in [0.2, 0.25) is 5.91 Å². The maximum absolute atomic E-state index is 12.3. The number of nitriles is 1. The van der Waals surface area contributed by atoms with Gasteiger partial charge < -0.3 is 15.0 Å². The van der Waals surface area contributed by atoms with E-state index < -0.39 is 5.56 Å². The van der Waals surface area contributed by atoms with Crippen LogP contribution in [-0.2, 0) is 11.3 Å². The molecule has 0 aliphatic heterocycles. The number of carbonyl (C=O) groups is 1. The number of methoxy groups -OCH3 is 1. The maximum atomic E-state index is 12.3. The van der Waals surface area contributed by atoms with Crippen LogP contribution in [0.4, 0.5) is 0 Å². The maximum Gasteiger partial charge on any atom is 0.270 e. The van der Waals surface area contributed by atoms with E-state index in [0.29, 0.717) is 22.9 Å². The first-order valence-corrected chi connectivity index (χ1v) is 10.2. The van der Waals surface area contributed by atoms with E-state index in [1.165, 1.54) is 0 Å². The molecule has 3 aromatic rings. The first kappa shape index (κ1) is 21.4. The largest absolute Gasteiger partial charge is 0.497 e. The molecule has 7 nitrogen and oxygen atoms in total. The highest BCUT2D eigenvalue weighted by Gasteiger charge is 2.15. The quantitative estimate of drug-likeness (QED) is 0.430. The Morgan fingerprint density at radius 3 is 2.67 bits per heavy atom. The zero-order chi connectivity index (χ0) is 21.5. The highest BCUT2D eigenvalue weighted by Crippen LogP contribution is 2.24. The van der Waals surface area contributed by atoms with E-state index in [1.807, 2.05) is 24.3 Å². The summed E-state index contributed by atoms with van der Waals surface area (Å²) in [6.45, 7) is 0.299. The first-order valence-electron chi connectivity index (χ1n) is 8.83. The minimum Gasteiger partial charge on any atom is -0.497 e. The van der Waals surface area contributed by atoms with Crippen molar-refractivity contribution in [1.82, 2.24) is 15.3 Å². The molecular weight excluding hydrogens is 424 g/mol. The molecule has 1 heterocycles. The summed E-state index contributed by atoms with van der Waals surface area (Å²) in [4.78, 5) is 31.4. The lowest BCUT2D eigenvalue weighted by Crippen LogP contribution is -2.25. The van der Waals surface area contributed by atoms with Gasteiger partial charge in [0, 0.05) is 17.1 Å². The molecule has 0 atom stereocenters. The molecule has 2 aromatic carbocycles. The van der Waals surface area contributed by atoms with E-state index in [-0.39, 0.29) is 28.1 Å². The first-order chi connectivity index (χ1) is 14.5. The van der Waals surface area contributed by atoms with Gasteiger partial charge in [-0.05, 0) is 35.9 Å². The van der Waals surface area contributed by atoms with Crippen LogP contribution < -0.4 is 15.6 Å². The Bertz CT molecular complexity index is 1160. The smallest absolute Gasteiger partial charge is 0.270 e. The van der Waals surface area contributed by atoms with Crippen LogP contribution >= 0.6 is 23.4 Å². The van der Waals surface area contributed by atoms with Crippen molar-refractivity contribution in [1.29, 1.82) is 5.26 Å². The molecule has 3 rings (SSSR count). The summed E-state index contributed by atoms with van der Waals surface area (Å²) in [5, 5.41) is 13.0. The topological polar surface area (TPSA) is 108 Å². The number of nitrogens with zero attached hydrogens (tertiary/aromatic N) is 2. The molecule has 0 saturated carbocycles. The van der Waals surface area contributed by atoms with Gasteiger partial charge in [0.05, 0.1) is 18.6 Å². The van der Waals surface area contributed by atoms with E-state index in [4.69, 9.17) is 16.3 Å². The average Bonchev–Trinajstić information content (AvgIpc) is 2.76. The number of benzene rings is 2. The summed E-state index contributed by atoms with van der Waals surface area (Å²) in [7, 11) is 1.55. The molecule has 0 bridgehead atoms. The molecule has 0 aliphatic carbocycles. The number of thioether (sulfide) groups is 1. The molecule has 0 fully saturated rings. The fourth-order valence-corrected chi connectivity index (χ4v) is 3.50. The summed E-state index contributed by atoms with van der Waals surface area (Å²) in [5.74, 6) is 0.450. The molecule has 152 valence electrons. The van der Waals surface area contributed by atoms with Crippen molar-refractivity contribution in [3.8, 4) is 23.1 Å². The van der Waals surface area contributed by atoms with Gasteiger partial charge >= 0.3 is 0 Å². The Morgan fingerprint density at radius 1 is 1.27 bits per heavy atom. The second-order valence-electron chi connectivity index (χ2n) is 6.09. The summed E-state index contributed by atoms with van der Waals surface area (Å²) < 4.78 is 5.13. The van der Waals surface area contributed by atoms with Crippen molar-refractivity contribution < 1.29 is 9.53 Å². The highest BCUT2D eigenvalue weighted by atomic mass is 35.5. The number of rotatable bonds is 7. The van der Waals surface area contributed by atoms with Crippen LogP contribution in [0.15, 0.2) is 58.5 Å². The number of hydrogen-bond acceptors (Lipinski definition) is 6. The monoisotopic (exact) mass is 440 g/mol. The average molecular weight is 441 g/mol. The van der Waals surface area contributed by atoms with Crippen LogP contribution in [0.25, 0.3) is 11.3 Å². The van der Waals surface area contributed by atoms with Gasteiger partial charge in [0.1, 0.15) is 17.4 Å². The van der Waals surface area contributed by atoms with E-state index >= 15 is 0 Å². The molecule has 9 heteroatoms. The van der Waals surface area contributed by atoms with E-state index in [9.17, 15) is 14.9 Å². The third-order valence-electron chi connectivity index (χ3n) is 4.15. The second-order valence-corrected chi connectivity index (χ2v) is 7.46. The summed E-state index contributed by atoms with van der Waals surface area (Å²) in [5.41, 5.74) is 1.01. The van der Waals surface area contributed by atoms with Crippen molar-refractivity contribution in [3.63, 3.8) is 0 Å². The number of aromatic amines is 1. The van der Waals surface area contributed by atoms with Gasteiger partial charge in [-0.25, -0.2) is 4.98 Å². The van der Waals surface area contributed by atoms with Gasteiger partial charge in [0.25, 0.3) is 5.56 Å². The fraction of sp³-hybridized carbons (Fsp3) is 0.143. The number of amides is 1. The van der Waals surface area contributed by atoms with Crippen molar-refractivity contribution in [2.24, 2.45) is 0 Å². The van der Waals surface area contributed by atoms with Gasteiger partial charge in [-0.15, -0.1) is 0 Å². The minimum atomic E-state index is -0.558. The van der Waals surface area contributed by atoms with Crippen LogP contribution in [0.2, 0.25) is 5.02 Å².